The smallest absolute Gasteiger partial charge is 0.135 e. The molecule has 0 amide bonds. The van der Waals surface area contributed by atoms with Crippen LogP contribution in [0.5, 0.6) is 0 Å². The molecule has 0 unspecified atom stereocenters. The van der Waals surface area contributed by atoms with Crippen molar-refractivity contribution in [2.45, 2.75) is 45.6 Å². The predicted octanol–water partition coefficient (Wildman–Crippen LogP) is 6.84. The molecule has 0 fully saturated rings. The van der Waals surface area contributed by atoms with Crippen LogP contribution < -0.4 is 5.32 Å². The van der Waals surface area contributed by atoms with Gasteiger partial charge in [-0.3, -0.25) is 0 Å². The minimum atomic E-state index is 0. The topological polar surface area (TPSA) is 25.2 Å². The van der Waals surface area contributed by atoms with E-state index in [0.717, 1.165) is 34.6 Å². The molecular weight excluding hydrogens is 397 g/mol. The molecule has 0 bridgehead atoms. The van der Waals surface area contributed by atoms with E-state index in [0.29, 0.717) is 5.02 Å². The Kier molecular flexibility index (Phi) is 9.96. The molecule has 2 aromatic rings. The number of rotatable bonds is 9. The van der Waals surface area contributed by atoms with Crippen molar-refractivity contribution in [1.29, 1.82) is 0 Å². The lowest BCUT2D eigenvalue weighted by Crippen LogP contribution is -2.14. The van der Waals surface area contributed by atoms with Crippen molar-refractivity contribution < 1.29 is 4.42 Å². The van der Waals surface area contributed by atoms with E-state index < -0.39 is 0 Å². The molecule has 0 radical (unpaired) electrons. The van der Waals surface area contributed by atoms with Crippen LogP contribution in [0, 0.1) is 0 Å². The Hall–Kier alpha value is -0.480. The first-order valence-corrected chi connectivity index (χ1v) is 9.12. The van der Waals surface area contributed by atoms with Crippen molar-refractivity contribution in [3.63, 3.8) is 0 Å². The molecule has 2 rings (SSSR count). The average Bonchev–Trinajstić information content (AvgIpc) is 2.95. The van der Waals surface area contributed by atoms with Crippen LogP contribution in [-0.2, 0) is 6.54 Å². The van der Waals surface area contributed by atoms with Crippen LogP contribution in [0.4, 0.5) is 0 Å². The summed E-state index contributed by atoms with van der Waals surface area (Å²) in [4.78, 5) is 0. The highest BCUT2D eigenvalue weighted by atomic mass is 79.9. The molecule has 0 saturated carbocycles. The lowest BCUT2D eigenvalue weighted by atomic mass is 10.1. The number of benzene rings is 1. The third-order valence-electron chi connectivity index (χ3n) is 3.61. The van der Waals surface area contributed by atoms with E-state index in [9.17, 15) is 0 Å². The number of halogens is 3. The molecule has 1 aromatic carbocycles. The van der Waals surface area contributed by atoms with E-state index in [4.69, 9.17) is 16.0 Å². The summed E-state index contributed by atoms with van der Waals surface area (Å²) >= 11 is 9.67. The third-order valence-corrected chi connectivity index (χ3v) is 4.42. The van der Waals surface area contributed by atoms with E-state index in [1.165, 1.54) is 32.1 Å². The zero-order valence-electron chi connectivity index (χ0n) is 13.4. The summed E-state index contributed by atoms with van der Waals surface area (Å²) in [5.74, 6) is 1.76. The number of hydrogen-bond acceptors (Lipinski definition) is 2. The van der Waals surface area contributed by atoms with Gasteiger partial charge in [0.2, 0.25) is 0 Å². The van der Waals surface area contributed by atoms with Gasteiger partial charge in [-0.1, -0.05) is 60.1 Å². The Balaban J connectivity index is 0.00000264. The number of nitrogens with one attached hydrogen (secondary N) is 1. The second-order valence-corrected chi connectivity index (χ2v) is 6.80. The Morgan fingerprint density at radius 3 is 2.61 bits per heavy atom. The molecule has 0 saturated heterocycles. The van der Waals surface area contributed by atoms with Gasteiger partial charge in [0.25, 0.3) is 0 Å². The zero-order valence-corrected chi connectivity index (χ0v) is 16.6. The second-order valence-electron chi connectivity index (χ2n) is 5.48. The number of furan rings is 1. The van der Waals surface area contributed by atoms with Crippen LogP contribution in [-0.4, -0.2) is 6.54 Å². The summed E-state index contributed by atoms with van der Waals surface area (Å²) in [6.07, 6.45) is 6.51. The van der Waals surface area contributed by atoms with Gasteiger partial charge < -0.3 is 9.73 Å². The van der Waals surface area contributed by atoms with Crippen LogP contribution in [0.15, 0.2) is 39.2 Å². The molecule has 0 atom stereocenters. The van der Waals surface area contributed by atoms with Crippen LogP contribution in [0.25, 0.3) is 11.3 Å². The average molecular weight is 421 g/mol. The van der Waals surface area contributed by atoms with Crippen LogP contribution in [0.3, 0.4) is 0 Å². The van der Waals surface area contributed by atoms with E-state index in [2.05, 4.69) is 28.2 Å². The monoisotopic (exact) mass is 419 g/mol. The third kappa shape index (κ3) is 6.88. The molecule has 5 heteroatoms. The molecule has 1 N–H and O–H groups in total. The Morgan fingerprint density at radius 1 is 1.09 bits per heavy atom. The van der Waals surface area contributed by atoms with Crippen LogP contribution >= 0.6 is 39.9 Å². The number of unbranched alkanes of at least 4 members (excludes halogenated alkanes) is 4. The van der Waals surface area contributed by atoms with Crippen molar-refractivity contribution in [1.82, 2.24) is 5.32 Å². The predicted molar refractivity (Wildman–Crippen MR) is 105 cm³/mol. The lowest BCUT2D eigenvalue weighted by molar-refractivity contribution is 0.486. The van der Waals surface area contributed by atoms with Crippen molar-refractivity contribution in [3.05, 3.63) is 45.6 Å². The van der Waals surface area contributed by atoms with Gasteiger partial charge in [-0.2, -0.15) is 0 Å². The maximum absolute atomic E-state index is 6.25. The Morgan fingerprint density at radius 2 is 1.87 bits per heavy atom. The fourth-order valence-electron chi connectivity index (χ4n) is 2.37. The molecular formula is C18H24BrCl2NO. The molecule has 128 valence electrons. The Bertz CT molecular complexity index is 586. The normalized spacial score (nSPS) is 10.6. The molecule has 1 heterocycles. The van der Waals surface area contributed by atoms with E-state index >= 15 is 0 Å². The van der Waals surface area contributed by atoms with Gasteiger partial charge in [0.15, 0.2) is 0 Å². The largest absolute Gasteiger partial charge is 0.460 e. The highest BCUT2D eigenvalue weighted by molar-refractivity contribution is 9.10. The number of hydrogen-bond donors (Lipinski definition) is 1. The minimum Gasteiger partial charge on any atom is -0.460 e. The molecule has 0 aliphatic heterocycles. The second kappa shape index (κ2) is 11.1. The van der Waals surface area contributed by atoms with Crippen LogP contribution in [0.2, 0.25) is 5.02 Å². The van der Waals surface area contributed by atoms with Gasteiger partial charge >= 0.3 is 0 Å². The van der Waals surface area contributed by atoms with Gasteiger partial charge in [-0.15, -0.1) is 12.4 Å². The van der Waals surface area contributed by atoms with E-state index in [1.807, 2.05) is 30.3 Å². The summed E-state index contributed by atoms with van der Waals surface area (Å²) in [5.41, 5.74) is 0.927. The zero-order chi connectivity index (χ0) is 15.8. The maximum atomic E-state index is 6.25. The van der Waals surface area contributed by atoms with Crippen LogP contribution in [0.1, 0.15) is 44.8 Å². The molecule has 0 aliphatic carbocycles. The molecule has 0 spiro atoms. The van der Waals surface area contributed by atoms with Crippen molar-refractivity contribution >= 4 is 39.9 Å². The van der Waals surface area contributed by atoms with Gasteiger partial charge in [0.1, 0.15) is 11.5 Å². The lowest BCUT2D eigenvalue weighted by Gasteiger charge is -2.03. The summed E-state index contributed by atoms with van der Waals surface area (Å²) in [6, 6.07) is 9.81. The molecule has 23 heavy (non-hydrogen) atoms. The fraction of sp³-hybridized carbons (Fsp3) is 0.444. The summed E-state index contributed by atoms with van der Waals surface area (Å²) < 4.78 is 6.84. The first-order chi connectivity index (χ1) is 10.7. The quantitative estimate of drug-likeness (QED) is 0.449. The highest BCUT2D eigenvalue weighted by Crippen LogP contribution is 2.31. The summed E-state index contributed by atoms with van der Waals surface area (Å²) in [6.45, 7) is 4.05. The van der Waals surface area contributed by atoms with Gasteiger partial charge in [-0.25, -0.2) is 0 Å². The minimum absolute atomic E-state index is 0. The highest BCUT2D eigenvalue weighted by Gasteiger charge is 2.08. The van der Waals surface area contributed by atoms with Gasteiger partial charge in [0, 0.05) is 10.0 Å². The van der Waals surface area contributed by atoms with E-state index in [-0.39, 0.29) is 12.4 Å². The van der Waals surface area contributed by atoms with Crippen molar-refractivity contribution in [2.75, 3.05) is 6.54 Å². The molecule has 1 aromatic heterocycles. The Labute approximate surface area is 158 Å². The first-order valence-electron chi connectivity index (χ1n) is 7.95. The van der Waals surface area contributed by atoms with E-state index in [1.54, 1.807) is 0 Å². The standard InChI is InChI=1S/C18H23BrClNO.ClH/c1-2-3-4-5-6-11-21-13-15-8-10-18(22-15)16-9-7-14(19)12-17(16)20;/h7-10,12,21H,2-6,11,13H2,1H3;1H. The maximum Gasteiger partial charge on any atom is 0.135 e. The van der Waals surface area contributed by atoms with Crippen molar-refractivity contribution in [3.8, 4) is 11.3 Å². The van der Waals surface area contributed by atoms with Gasteiger partial charge in [0.05, 0.1) is 11.6 Å². The molecule has 0 aliphatic rings. The first kappa shape index (κ1) is 20.6. The SMILES string of the molecule is CCCCCCCNCc1ccc(-c2ccc(Br)cc2Cl)o1.Cl. The van der Waals surface area contributed by atoms with Crippen molar-refractivity contribution in [2.24, 2.45) is 0 Å². The summed E-state index contributed by atoms with van der Waals surface area (Å²) in [7, 11) is 0. The van der Waals surface area contributed by atoms with Gasteiger partial charge in [-0.05, 0) is 43.3 Å². The fourth-order valence-corrected chi connectivity index (χ4v) is 3.14. The summed E-state index contributed by atoms with van der Waals surface area (Å²) in [5, 5.41) is 4.13. The molecule has 2 nitrogen and oxygen atoms in total.